The zero-order chi connectivity index (χ0) is 14.7. The Balaban J connectivity index is 1.76. The number of aromatic nitrogens is 2. The SMILES string of the molecule is Cc1nc(N2CCCCC2)cc(N2CCN(C=O)CC2)n1. The Kier molecular flexibility index (Phi) is 4.22. The van der Waals surface area contributed by atoms with E-state index in [4.69, 9.17) is 0 Å². The van der Waals surface area contributed by atoms with E-state index in [0.717, 1.165) is 63.1 Å². The van der Waals surface area contributed by atoms with E-state index >= 15 is 0 Å². The Morgan fingerprint density at radius 2 is 1.48 bits per heavy atom. The first-order chi connectivity index (χ1) is 10.3. The summed E-state index contributed by atoms with van der Waals surface area (Å²) in [5.41, 5.74) is 0. The monoisotopic (exact) mass is 289 g/mol. The first kappa shape index (κ1) is 14.1. The molecule has 21 heavy (non-hydrogen) atoms. The van der Waals surface area contributed by atoms with Crippen LogP contribution in [-0.2, 0) is 4.79 Å². The molecule has 0 bridgehead atoms. The van der Waals surface area contributed by atoms with Crippen molar-refractivity contribution in [3.8, 4) is 0 Å². The van der Waals surface area contributed by atoms with Crippen LogP contribution in [0.2, 0.25) is 0 Å². The molecule has 0 saturated carbocycles. The Morgan fingerprint density at radius 1 is 0.905 bits per heavy atom. The van der Waals surface area contributed by atoms with Gasteiger partial charge in [-0.05, 0) is 26.2 Å². The van der Waals surface area contributed by atoms with Crippen LogP contribution in [0.4, 0.5) is 11.6 Å². The second kappa shape index (κ2) is 6.28. The lowest BCUT2D eigenvalue weighted by Crippen LogP contribution is -2.46. The van der Waals surface area contributed by atoms with Crippen molar-refractivity contribution in [3.05, 3.63) is 11.9 Å². The average Bonchev–Trinajstić information content (AvgIpc) is 2.55. The number of piperidine rings is 1. The highest BCUT2D eigenvalue weighted by Gasteiger charge is 2.19. The van der Waals surface area contributed by atoms with Crippen molar-refractivity contribution in [2.45, 2.75) is 26.2 Å². The maximum atomic E-state index is 10.8. The summed E-state index contributed by atoms with van der Waals surface area (Å²) in [5, 5.41) is 0. The van der Waals surface area contributed by atoms with Gasteiger partial charge in [0.25, 0.3) is 0 Å². The van der Waals surface area contributed by atoms with E-state index in [9.17, 15) is 4.79 Å². The molecular formula is C15H23N5O. The molecule has 2 fully saturated rings. The average molecular weight is 289 g/mol. The maximum absolute atomic E-state index is 10.8. The minimum atomic E-state index is 0.769. The fraction of sp³-hybridized carbons (Fsp3) is 0.667. The van der Waals surface area contributed by atoms with E-state index in [0.29, 0.717) is 0 Å². The third-order valence-electron chi connectivity index (χ3n) is 4.28. The van der Waals surface area contributed by atoms with Gasteiger partial charge in [-0.1, -0.05) is 0 Å². The van der Waals surface area contributed by atoms with E-state index in [-0.39, 0.29) is 0 Å². The Hall–Kier alpha value is -1.85. The molecule has 2 aliphatic rings. The van der Waals surface area contributed by atoms with Gasteiger partial charge < -0.3 is 14.7 Å². The summed E-state index contributed by atoms with van der Waals surface area (Å²) in [6, 6.07) is 2.11. The standard InChI is InChI=1S/C15H23N5O/c1-13-16-14(19-5-3-2-4-6-19)11-15(17-13)20-9-7-18(12-21)8-10-20/h11-12H,2-10H2,1H3. The van der Waals surface area contributed by atoms with Gasteiger partial charge >= 0.3 is 0 Å². The Bertz CT molecular complexity index is 493. The number of hydrogen-bond acceptors (Lipinski definition) is 5. The molecule has 2 aliphatic heterocycles. The summed E-state index contributed by atoms with van der Waals surface area (Å²) in [4.78, 5) is 26.4. The highest BCUT2D eigenvalue weighted by molar-refractivity contribution is 5.53. The van der Waals surface area contributed by atoms with Crippen LogP contribution in [0.5, 0.6) is 0 Å². The van der Waals surface area contributed by atoms with Crippen molar-refractivity contribution in [1.29, 1.82) is 0 Å². The molecule has 0 unspecified atom stereocenters. The molecule has 6 nitrogen and oxygen atoms in total. The molecule has 6 heteroatoms. The Labute approximate surface area is 125 Å². The zero-order valence-electron chi connectivity index (χ0n) is 12.7. The van der Waals surface area contributed by atoms with Crippen molar-refractivity contribution < 1.29 is 4.79 Å². The fourth-order valence-corrected chi connectivity index (χ4v) is 3.04. The topological polar surface area (TPSA) is 52.6 Å². The van der Waals surface area contributed by atoms with Crippen LogP contribution in [0.3, 0.4) is 0 Å². The van der Waals surface area contributed by atoms with Crippen LogP contribution in [0.15, 0.2) is 6.07 Å². The second-order valence-electron chi connectivity index (χ2n) is 5.81. The van der Waals surface area contributed by atoms with E-state index in [1.54, 1.807) is 0 Å². The van der Waals surface area contributed by atoms with Gasteiger partial charge in [0.05, 0.1) is 0 Å². The fourth-order valence-electron chi connectivity index (χ4n) is 3.04. The summed E-state index contributed by atoms with van der Waals surface area (Å²) < 4.78 is 0. The molecule has 0 aliphatic carbocycles. The molecule has 1 aromatic rings. The van der Waals surface area contributed by atoms with Crippen LogP contribution in [-0.4, -0.2) is 60.5 Å². The summed E-state index contributed by atoms with van der Waals surface area (Å²) in [6.07, 6.45) is 4.75. The predicted octanol–water partition coefficient (Wildman–Crippen LogP) is 1.05. The summed E-state index contributed by atoms with van der Waals surface area (Å²) in [5.74, 6) is 2.87. The van der Waals surface area contributed by atoms with Gasteiger partial charge in [0.15, 0.2) is 0 Å². The number of rotatable bonds is 3. The number of nitrogens with zero attached hydrogens (tertiary/aromatic N) is 5. The molecule has 0 N–H and O–H groups in total. The van der Waals surface area contributed by atoms with Crippen LogP contribution in [0, 0.1) is 6.92 Å². The van der Waals surface area contributed by atoms with E-state index in [1.807, 2.05) is 11.8 Å². The third-order valence-corrected chi connectivity index (χ3v) is 4.28. The quantitative estimate of drug-likeness (QED) is 0.779. The molecule has 0 atom stereocenters. The smallest absolute Gasteiger partial charge is 0.209 e. The molecule has 3 rings (SSSR count). The highest BCUT2D eigenvalue weighted by Crippen LogP contribution is 2.23. The van der Waals surface area contributed by atoms with Crippen molar-refractivity contribution in [2.24, 2.45) is 0 Å². The van der Waals surface area contributed by atoms with Gasteiger partial charge in [-0.2, -0.15) is 0 Å². The van der Waals surface area contributed by atoms with E-state index in [2.05, 4.69) is 25.8 Å². The van der Waals surface area contributed by atoms with Crippen LogP contribution < -0.4 is 9.80 Å². The molecule has 1 aromatic heterocycles. The zero-order valence-corrected chi connectivity index (χ0v) is 12.7. The normalized spacial score (nSPS) is 19.8. The van der Waals surface area contributed by atoms with Crippen LogP contribution in [0.1, 0.15) is 25.1 Å². The first-order valence-corrected chi connectivity index (χ1v) is 7.81. The van der Waals surface area contributed by atoms with Crippen LogP contribution in [0.25, 0.3) is 0 Å². The van der Waals surface area contributed by atoms with Gasteiger partial charge in [0, 0.05) is 45.3 Å². The van der Waals surface area contributed by atoms with Gasteiger partial charge in [-0.3, -0.25) is 4.79 Å². The van der Waals surface area contributed by atoms with Gasteiger partial charge in [0.1, 0.15) is 17.5 Å². The third kappa shape index (κ3) is 3.25. The van der Waals surface area contributed by atoms with Gasteiger partial charge in [-0.25, -0.2) is 9.97 Å². The summed E-state index contributed by atoms with van der Waals surface area (Å²) in [7, 11) is 0. The largest absolute Gasteiger partial charge is 0.356 e. The van der Waals surface area contributed by atoms with Gasteiger partial charge in [-0.15, -0.1) is 0 Å². The number of hydrogen-bond donors (Lipinski definition) is 0. The molecule has 0 spiro atoms. The number of amides is 1. The predicted molar refractivity (Wildman–Crippen MR) is 82.7 cm³/mol. The lowest BCUT2D eigenvalue weighted by atomic mass is 10.1. The van der Waals surface area contributed by atoms with E-state index in [1.165, 1.54) is 19.3 Å². The van der Waals surface area contributed by atoms with Crippen molar-refractivity contribution in [2.75, 3.05) is 49.1 Å². The molecule has 2 saturated heterocycles. The molecule has 0 radical (unpaired) electrons. The van der Waals surface area contributed by atoms with Crippen molar-refractivity contribution >= 4 is 18.0 Å². The minimum Gasteiger partial charge on any atom is -0.356 e. The number of piperazine rings is 1. The van der Waals surface area contributed by atoms with Gasteiger partial charge in [0.2, 0.25) is 6.41 Å². The minimum absolute atomic E-state index is 0.769. The molecule has 114 valence electrons. The highest BCUT2D eigenvalue weighted by atomic mass is 16.1. The van der Waals surface area contributed by atoms with E-state index < -0.39 is 0 Å². The molecular weight excluding hydrogens is 266 g/mol. The Morgan fingerprint density at radius 3 is 2.05 bits per heavy atom. The van der Waals surface area contributed by atoms with Crippen LogP contribution >= 0.6 is 0 Å². The maximum Gasteiger partial charge on any atom is 0.209 e. The molecule has 0 aromatic carbocycles. The molecule has 1 amide bonds. The molecule has 3 heterocycles. The van der Waals surface area contributed by atoms with Crippen molar-refractivity contribution in [1.82, 2.24) is 14.9 Å². The first-order valence-electron chi connectivity index (χ1n) is 7.81. The lowest BCUT2D eigenvalue weighted by molar-refractivity contribution is -0.118. The number of carbonyl (C=O) groups excluding carboxylic acids is 1. The number of aryl methyl sites for hydroxylation is 1. The number of carbonyl (C=O) groups is 1. The summed E-state index contributed by atoms with van der Waals surface area (Å²) in [6.45, 7) is 7.36. The lowest BCUT2D eigenvalue weighted by Gasteiger charge is -2.34. The summed E-state index contributed by atoms with van der Waals surface area (Å²) >= 11 is 0. The number of anilines is 2. The van der Waals surface area contributed by atoms with Crippen molar-refractivity contribution in [3.63, 3.8) is 0 Å². The second-order valence-corrected chi connectivity index (χ2v) is 5.81.